The summed E-state index contributed by atoms with van der Waals surface area (Å²) in [7, 11) is 0. The minimum atomic E-state index is 0.350. The first-order chi connectivity index (χ1) is 7.52. The molecule has 1 heterocycles. The molecule has 0 aromatic carbocycles. The predicted molar refractivity (Wildman–Crippen MR) is 70.8 cm³/mol. The summed E-state index contributed by atoms with van der Waals surface area (Å²) >= 11 is 5.83. The summed E-state index contributed by atoms with van der Waals surface area (Å²) in [6, 6.07) is 3.82. The van der Waals surface area contributed by atoms with Crippen LogP contribution in [0.25, 0.3) is 0 Å². The van der Waals surface area contributed by atoms with E-state index >= 15 is 0 Å². The van der Waals surface area contributed by atoms with Gasteiger partial charge in [0.2, 0.25) is 0 Å². The Morgan fingerprint density at radius 2 is 2.12 bits per heavy atom. The third-order valence-corrected chi connectivity index (χ3v) is 2.94. The highest BCUT2D eigenvalue weighted by Gasteiger charge is 2.09. The van der Waals surface area contributed by atoms with Crippen LogP contribution in [-0.2, 0) is 0 Å². The lowest BCUT2D eigenvalue weighted by Crippen LogP contribution is -2.19. The van der Waals surface area contributed by atoms with E-state index in [2.05, 4.69) is 31.1 Å². The maximum absolute atomic E-state index is 5.83. The minimum absolute atomic E-state index is 0.350. The average Bonchev–Trinajstić information content (AvgIpc) is 2.23. The first-order valence-electron chi connectivity index (χ1n) is 5.71. The Morgan fingerprint density at radius 1 is 1.44 bits per heavy atom. The molecule has 3 N–H and O–H groups in total. The molecule has 90 valence electrons. The molecular weight excluding hydrogens is 222 g/mol. The predicted octanol–water partition coefficient (Wildman–Crippen LogP) is 3.55. The molecule has 0 aliphatic rings. The van der Waals surface area contributed by atoms with Gasteiger partial charge < -0.3 is 11.1 Å². The van der Waals surface area contributed by atoms with Crippen molar-refractivity contribution in [3.8, 4) is 0 Å². The topological polar surface area (TPSA) is 50.9 Å². The first kappa shape index (κ1) is 13.1. The molecule has 0 fully saturated rings. The van der Waals surface area contributed by atoms with Crippen molar-refractivity contribution in [3.63, 3.8) is 0 Å². The molecule has 0 amide bonds. The second-order valence-electron chi connectivity index (χ2n) is 4.37. The molecule has 1 aromatic rings. The Balaban J connectivity index is 2.61. The van der Waals surface area contributed by atoms with Gasteiger partial charge >= 0.3 is 0 Å². The maximum Gasteiger partial charge on any atom is 0.151 e. The molecule has 0 aliphatic carbocycles. The largest absolute Gasteiger partial charge is 0.396 e. The van der Waals surface area contributed by atoms with Gasteiger partial charge in [0, 0.05) is 6.04 Å². The molecule has 0 spiro atoms. The standard InChI is InChI=1S/C12H20ClN3/c1-4-8(2)7-9(3)15-12-10(14)5-6-11(13)16-12/h5-6,8-9H,4,7,14H2,1-3H3,(H,15,16). The lowest BCUT2D eigenvalue weighted by molar-refractivity contribution is 0.483. The van der Waals surface area contributed by atoms with Gasteiger partial charge in [0.15, 0.2) is 5.82 Å². The fourth-order valence-electron chi connectivity index (χ4n) is 1.62. The normalized spacial score (nSPS) is 14.5. The average molecular weight is 242 g/mol. The van der Waals surface area contributed by atoms with Crippen molar-refractivity contribution in [2.24, 2.45) is 5.92 Å². The fraction of sp³-hybridized carbons (Fsp3) is 0.583. The van der Waals surface area contributed by atoms with Gasteiger partial charge in [-0.05, 0) is 31.4 Å². The Labute approximate surface area is 102 Å². The smallest absolute Gasteiger partial charge is 0.151 e. The number of aromatic nitrogens is 1. The lowest BCUT2D eigenvalue weighted by Gasteiger charge is -2.19. The van der Waals surface area contributed by atoms with E-state index in [1.807, 2.05) is 0 Å². The molecule has 0 radical (unpaired) electrons. The zero-order valence-electron chi connectivity index (χ0n) is 10.1. The van der Waals surface area contributed by atoms with E-state index in [-0.39, 0.29) is 0 Å². The van der Waals surface area contributed by atoms with Crippen molar-refractivity contribution in [1.29, 1.82) is 0 Å². The Kier molecular flexibility index (Phi) is 4.87. The molecule has 0 aliphatic heterocycles. The van der Waals surface area contributed by atoms with Crippen molar-refractivity contribution in [2.75, 3.05) is 11.1 Å². The molecule has 0 saturated heterocycles. The highest BCUT2D eigenvalue weighted by atomic mass is 35.5. The summed E-state index contributed by atoms with van der Waals surface area (Å²) in [4.78, 5) is 4.18. The molecular formula is C12H20ClN3. The van der Waals surface area contributed by atoms with Crippen molar-refractivity contribution >= 4 is 23.1 Å². The molecule has 0 bridgehead atoms. The molecule has 1 rings (SSSR count). The summed E-state index contributed by atoms with van der Waals surface area (Å²) in [5.41, 5.74) is 6.46. The number of rotatable bonds is 5. The third-order valence-electron chi connectivity index (χ3n) is 2.73. The number of nitrogens with one attached hydrogen (secondary N) is 1. The van der Waals surface area contributed by atoms with Gasteiger partial charge in [0.05, 0.1) is 5.69 Å². The summed E-state index contributed by atoms with van der Waals surface area (Å²) < 4.78 is 0. The lowest BCUT2D eigenvalue weighted by atomic mass is 10.0. The highest BCUT2D eigenvalue weighted by molar-refractivity contribution is 6.29. The third kappa shape index (κ3) is 3.89. The van der Waals surface area contributed by atoms with E-state index in [1.165, 1.54) is 6.42 Å². The monoisotopic (exact) mass is 241 g/mol. The van der Waals surface area contributed by atoms with Gasteiger partial charge in [0.1, 0.15) is 5.15 Å². The van der Waals surface area contributed by atoms with Crippen LogP contribution in [0.15, 0.2) is 12.1 Å². The number of pyridine rings is 1. The van der Waals surface area contributed by atoms with Crippen LogP contribution < -0.4 is 11.1 Å². The van der Waals surface area contributed by atoms with Gasteiger partial charge in [-0.25, -0.2) is 4.98 Å². The van der Waals surface area contributed by atoms with Gasteiger partial charge in [-0.2, -0.15) is 0 Å². The van der Waals surface area contributed by atoms with Crippen LogP contribution >= 0.6 is 11.6 Å². The molecule has 0 saturated carbocycles. The van der Waals surface area contributed by atoms with Crippen LogP contribution in [0.2, 0.25) is 5.15 Å². The number of hydrogen-bond donors (Lipinski definition) is 2. The zero-order valence-corrected chi connectivity index (χ0v) is 10.9. The van der Waals surface area contributed by atoms with Crippen LogP contribution in [0.1, 0.15) is 33.6 Å². The van der Waals surface area contributed by atoms with E-state index in [0.29, 0.717) is 28.6 Å². The van der Waals surface area contributed by atoms with Crippen LogP contribution in [0.3, 0.4) is 0 Å². The van der Waals surface area contributed by atoms with Gasteiger partial charge in [0.25, 0.3) is 0 Å². The molecule has 16 heavy (non-hydrogen) atoms. The van der Waals surface area contributed by atoms with Crippen LogP contribution in [0, 0.1) is 5.92 Å². The quantitative estimate of drug-likeness (QED) is 0.775. The van der Waals surface area contributed by atoms with Crippen LogP contribution in [0.4, 0.5) is 11.5 Å². The Bertz CT molecular complexity index is 341. The first-order valence-corrected chi connectivity index (χ1v) is 6.09. The number of nitrogens with zero attached hydrogens (tertiary/aromatic N) is 1. The summed E-state index contributed by atoms with van der Waals surface area (Å²) in [5, 5.41) is 3.76. The number of hydrogen-bond acceptors (Lipinski definition) is 3. The molecule has 1 aromatic heterocycles. The maximum atomic E-state index is 5.83. The summed E-state index contributed by atoms with van der Waals surface area (Å²) in [5.74, 6) is 1.38. The number of halogens is 1. The van der Waals surface area contributed by atoms with Crippen molar-refractivity contribution < 1.29 is 0 Å². The van der Waals surface area contributed by atoms with Gasteiger partial charge in [-0.1, -0.05) is 31.9 Å². The van der Waals surface area contributed by atoms with Crippen molar-refractivity contribution in [3.05, 3.63) is 17.3 Å². The fourth-order valence-corrected chi connectivity index (χ4v) is 1.77. The summed E-state index contributed by atoms with van der Waals surface area (Å²) in [6.07, 6.45) is 2.29. The van der Waals surface area contributed by atoms with Gasteiger partial charge in [-0.15, -0.1) is 0 Å². The van der Waals surface area contributed by atoms with E-state index in [1.54, 1.807) is 12.1 Å². The van der Waals surface area contributed by atoms with Gasteiger partial charge in [-0.3, -0.25) is 0 Å². The van der Waals surface area contributed by atoms with Crippen molar-refractivity contribution in [1.82, 2.24) is 4.98 Å². The van der Waals surface area contributed by atoms with Crippen LogP contribution in [0.5, 0.6) is 0 Å². The molecule has 2 atom stereocenters. The Hall–Kier alpha value is -0.960. The highest BCUT2D eigenvalue weighted by Crippen LogP contribution is 2.21. The van der Waals surface area contributed by atoms with Crippen LogP contribution in [-0.4, -0.2) is 11.0 Å². The number of nitrogens with two attached hydrogens (primary N) is 1. The Morgan fingerprint density at radius 3 is 2.75 bits per heavy atom. The molecule has 2 unspecified atom stereocenters. The molecule has 4 heteroatoms. The van der Waals surface area contributed by atoms with E-state index < -0.39 is 0 Å². The van der Waals surface area contributed by atoms with E-state index in [4.69, 9.17) is 17.3 Å². The molecule has 3 nitrogen and oxygen atoms in total. The SMILES string of the molecule is CCC(C)CC(C)Nc1nc(Cl)ccc1N. The zero-order chi connectivity index (χ0) is 12.1. The minimum Gasteiger partial charge on any atom is -0.396 e. The summed E-state index contributed by atoms with van der Waals surface area (Å²) in [6.45, 7) is 6.57. The second-order valence-corrected chi connectivity index (χ2v) is 4.75. The number of nitrogen functional groups attached to an aromatic ring is 1. The van der Waals surface area contributed by atoms with Crippen molar-refractivity contribution in [2.45, 2.75) is 39.7 Å². The van der Waals surface area contributed by atoms with E-state index in [9.17, 15) is 0 Å². The number of anilines is 2. The second kappa shape index (κ2) is 5.94. The van der Waals surface area contributed by atoms with E-state index in [0.717, 1.165) is 6.42 Å².